The van der Waals surface area contributed by atoms with Gasteiger partial charge in [0.05, 0.1) is 11.7 Å². The number of aromatic nitrogens is 4. The van der Waals surface area contributed by atoms with Crippen LogP contribution in [0.4, 0.5) is 4.39 Å². The summed E-state index contributed by atoms with van der Waals surface area (Å²) in [5.74, 6) is 0.354. The van der Waals surface area contributed by atoms with Gasteiger partial charge in [0.1, 0.15) is 17.2 Å². The molecule has 0 aliphatic heterocycles. The molecule has 5 nitrogen and oxygen atoms in total. The molecule has 0 saturated carbocycles. The van der Waals surface area contributed by atoms with Crippen LogP contribution in [-0.4, -0.2) is 19.9 Å². The molecule has 0 aliphatic rings. The molecule has 98 valence electrons. The van der Waals surface area contributed by atoms with Gasteiger partial charge in [-0.15, -0.1) is 0 Å². The van der Waals surface area contributed by atoms with Crippen LogP contribution in [-0.2, 0) is 6.42 Å². The Hall–Kier alpha value is -2.76. The van der Waals surface area contributed by atoms with Gasteiger partial charge in [-0.2, -0.15) is 0 Å². The summed E-state index contributed by atoms with van der Waals surface area (Å²) >= 11 is 0. The van der Waals surface area contributed by atoms with Crippen LogP contribution in [0.15, 0.2) is 41.3 Å². The maximum Gasteiger partial charge on any atom is 0.181 e. The topological polar surface area (TPSA) is 67.6 Å². The van der Waals surface area contributed by atoms with Gasteiger partial charge in [0.25, 0.3) is 0 Å². The first-order chi connectivity index (χ1) is 9.78. The predicted molar refractivity (Wildman–Crippen MR) is 70.7 cm³/mol. The third kappa shape index (κ3) is 1.82. The fourth-order valence-electron chi connectivity index (χ4n) is 2.21. The first-order valence-corrected chi connectivity index (χ1v) is 6.10. The van der Waals surface area contributed by atoms with Crippen molar-refractivity contribution >= 4 is 22.3 Å². The average Bonchev–Trinajstić information content (AvgIpc) is 3.03. The molecule has 1 aromatic carbocycles. The van der Waals surface area contributed by atoms with Crippen LogP contribution < -0.4 is 0 Å². The number of rotatable bonds is 2. The van der Waals surface area contributed by atoms with Crippen molar-refractivity contribution in [2.75, 3.05) is 0 Å². The van der Waals surface area contributed by atoms with Crippen molar-refractivity contribution in [2.45, 2.75) is 6.42 Å². The minimum Gasteiger partial charge on any atom is -0.443 e. The van der Waals surface area contributed by atoms with E-state index >= 15 is 0 Å². The Morgan fingerprint density at radius 3 is 3.10 bits per heavy atom. The van der Waals surface area contributed by atoms with Crippen LogP contribution in [0.2, 0.25) is 0 Å². The molecule has 1 N–H and O–H groups in total. The van der Waals surface area contributed by atoms with Crippen LogP contribution in [0, 0.1) is 5.82 Å². The van der Waals surface area contributed by atoms with Gasteiger partial charge in [-0.3, -0.25) is 0 Å². The van der Waals surface area contributed by atoms with Gasteiger partial charge in [-0.05, 0) is 17.7 Å². The van der Waals surface area contributed by atoms with E-state index in [0.29, 0.717) is 17.6 Å². The molecule has 3 heterocycles. The van der Waals surface area contributed by atoms with Crippen LogP contribution in [0.25, 0.3) is 22.3 Å². The number of oxazole rings is 1. The van der Waals surface area contributed by atoms with Gasteiger partial charge in [0, 0.05) is 12.5 Å². The summed E-state index contributed by atoms with van der Waals surface area (Å²) in [6, 6.07) is 7.17. The molecule has 0 spiro atoms. The lowest BCUT2D eigenvalue weighted by molar-refractivity contribution is 0.602. The number of pyridine rings is 1. The number of H-pyrrole nitrogens is 1. The molecule has 0 fully saturated rings. The number of fused-ring (bicyclic) bond motifs is 2. The number of nitrogens with zero attached hydrogens (tertiary/aromatic N) is 3. The van der Waals surface area contributed by atoms with E-state index in [2.05, 4.69) is 19.9 Å². The summed E-state index contributed by atoms with van der Waals surface area (Å²) in [5.41, 5.74) is 3.71. The van der Waals surface area contributed by atoms with Crippen LogP contribution in [0.1, 0.15) is 11.4 Å². The van der Waals surface area contributed by atoms with Crippen LogP contribution in [0.3, 0.4) is 0 Å². The second-order valence-corrected chi connectivity index (χ2v) is 4.54. The lowest BCUT2D eigenvalue weighted by atomic mass is 10.1. The molecule has 0 atom stereocenters. The Morgan fingerprint density at radius 1 is 1.20 bits per heavy atom. The molecule has 0 unspecified atom stereocenters. The van der Waals surface area contributed by atoms with Crippen molar-refractivity contribution in [3.8, 4) is 0 Å². The number of halogens is 1. The van der Waals surface area contributed by atoms with Crippen LogP contribution >= 0.6 is 0 Å². The lowest BCUT2D eigenvalue weighted by Gasteiger charge is -1.97. The van der Waals surface area contributed by atoms with Gasteiger partial charge >= 0.3 is 0 Å². The SMILES string of the molecule is Fc1cnc2nc(Cc3ccc4ncoc4c3)[nH]c2c1. The summed E-state index contributed by atoms with van der Waals surface area (Å²) in [6.07, 6.45) is 3.17. The van der Waals surface area contributed by atoms with E-state index in [0.717, 1.165) is 28.7 Å². The maximum atomic E-state index is 13.1. The fraction of sp³-hybridized carbons (Fsp3) is 0.0714. The second kappa shape index (κ2) is 4.12. The fourth-order valence-corrected chi connectivity index (χ4v) is 2.21. The van der Waals surface area contributed by atoms with E-state index in [9.17, 15) is 4.39 Å². The first kappa shape index (κ1) is 11.1. The highest BCUT2D eigenvalue weighted by Crippen LogP contribution is 2.17. The molecule has 0 bridgehead atoms. The first-order valence-electron chi connectivity index (χ1n) is 6.10. The number of imidazole rings is 1. The smallest absolute Gasteiger partial charge is 0.181 e. The van der Waals surface area contributed by atoms with Gasteiger partial charge in [-0.25, -0.2) is 19.3 Å². The molecular weight excluding hydrogens is 259 g/mol. The lowest BCUT2D eigenvalue weighted by Crippen LogP contribution is -1.90. The molecule has 3 aromatic heterocycles. The second-order valence-electron chi connectivity index (χ2n) is 4.54. The van der Waals surface area contributed by atoms with Crippen LogP contribution in [0.5, 0.6) is 0 Å². The van der Waals surface area contributed by atoms with E-state index in [4.69, 9.17) is 4.42 Å². The zero-order chi connectivity index (χ0) is 13.5. The molecule has 20 heavy (non-hydrogen) atoms. The van der Waals surface area contributed by atoms with E-state index in [-0.39, 0.29) is 5.82 Å². The normalized spacial score (nSPS) is 11.4. The summed E-state index contributed by atoms with van der Waals surface area (Å²) < 4.78 is 18.3. The van der Waals surface area contributed by atoms with Crippen molar-refractivity contribution in [1.29, 1.82) is 0 Å². The quantitative estimate of drug-likeness (QED) is 0.607. The summed E-state index contributed by atoms with van der Waals surface area (Å²) in [4.78, 5) is 15.4. The average molecular weight is 268 g/mol. The highest BCUT2D eigenvalue weighted by molar-refractivity contribution is 5.73. The van der Waals surface area contributed by atoms with Gasteiger partial charge < -0.3 is 9.40 Å². The molecule has 4 aromatic rings. The van der Waals surface area contributed by atoms with Gasteiger partial charge in [0.2, 0.25) is 0 Å². The third-order valence-corrected chi connectivity index (χ3v) is 3.12. The van der Waals surface area contributed by atoms with Crippen molar-refractivity contribution in [3.05, 3.63) is 54.1 Å². The summed E-state index contributed by atoms with van der Waals surface area (Å²) in [6.45, 7) is 0. The minimum atomic E-state index is -0.379. The molecule has 0 saturated heterocycles. The number of hydrogen-bond acceptors (Lipinski definition) is 4. The third-order valence-electron chi connectivity index (χ3n) is 3.12. The number of nitrogens with one attached hydrogen (secondary N) is 1. The summed E-state index contributed by atoms with van der Waals surface area (Å²) in [7, 11) is 0. The Bertz CT molecular complexity index is 912. The van der Waals surface area contributed by atoms with E-state index in [1.165, 1.54) is 12.5 Å². The Kier molecular flexibility index (Phi) is 2.29. The molecule has 0 radical (unpaired) electrons. The molecular formula is C14H9FN4O. The molecule has 0 amide bonds. The van der Waals surface area contributed by atoms with Crippen molar-refractivity contribution in [2.24, 2.45) is 0 Å². The Labute approximate surface area is 112 Å². The summed E-state index contributed by atoms with van der Waals surface area (Å²) in [5, 5.41) is 0. The standard InChI is InChI=1S/C14H9FN4O/c15-9-5-11-14(16-6-9)19-13(18-11)4-8-1-2-10-12(3-8)20-7-17-10/h1-3,5-7H,4H2,(H,16,18,19). The van der Waals surface area contributed by atoms with Crippen molar-refractivity contribution < 1.29 is 8.81 Å². The molecule has 6 heteroatoms. The zero-order valence-corrected chi connectivity index (χ0v) is 10.3. The van der Waals surface area contributed by atoms with Crippen molar-refractivity contribution in [3.63, 3.8) is 0 Å². The van der Waals surface area contributed by atoms with E-state index in [1.807, 2.05) is 18.2 Å². The van der Waals surface area contributed by atoms with Gasteiger partial charge in [0.15, 0.2) is 17.6 Å². The number of hydrogen-bond donors (Lipinski definition) is 1. The van der Waals surface area contributed by atoms with E-state index in [1.54, 1.807) is 0 Å². The molecule has 0 aliphatic carbocycles. The Morgan fingerprint density at radius 2 is 2.15 bits per heavy atom. The largest absolute Gasteiger partial charge is 0.443 e. The number of aromatic amines is 1. The highest BCUT2D eigenvalue weighted by Gasteiger charge is 2.07. The maximum absolute atomic E-state index is 13.1. The predicted octanol–water partition coefficient (Wildman–Crippen LogP) is 2.83. The molecule has 4 rings (SSSR count). The monoisotopic (exact) mass is 268 g/mol. The van der Waals surface area contributed by atoms with E-state index < -0.39 is 0 Å². The minimum absolute atomic E-state index is 0.379. The van der Waals surface area contributed by atoms with Crippen molar-refractivity contribution in [1.82, 2.24) is 19.9 Å². The van der Waals surface area contributed by atoms with Gasteiger partial charge in [-0.1, -0.05) is 6.07 Å². The Balaban J connectivity index is 1.72. The highest BCUT2D eigenvalue weighted by atomic mass is 19.1. The number of benzene rings is 1. The zero-order valence-electron chi connectivity index (χ0n) is 10.3.